The number of benzene rings is 1. The third-order valence-electron chi connectivity index (χ3n) is 3.30. The van der Waals surface area contributed by atoms with Gasteiger partial charge < -0.3 is 5.32 Å². The van der Waals surface area contributed by atoms with E-state index in [0.29, 0.717) is 6.04 Å². The van der Waals surface area contributed by atoms with Crippen LogP contribution in [0.4, 0.5) is 13.2 Å². The first-order valence-electron chi connectivity index (χ1n) is 6.54. The maximum atomic E-state index is 12.5. The van der Waals surface area contributed by atoms with Crippen LogP contribution < -0.4 is 5.32 Å². The summed E-state index contributed by atoms with van der Waals surface area (Å²) in [5.41, 5.74) is 0.213. The van der Waals surface area contributed by atoms with E-state index in [1.165, 1.54) is 0 Å². The predicted octanol–water partition coefficient (Wildman–Crippen LogP) is 4.37. The van der Waals surface area contributed by atoms with Gasteiger partial charge in [0.05, 0.1) is 5.56 Å². The molecular formula is C15H22F3N. The SMILES string of the molecule is CC(C)NCCC(C)(C)c1ccc(C(F)(F)F)cc1. The molecule has 0 fully saturated rings. The van der Waals surface area contributed by atoms with Crippen molar-refractivity contribution in [3.05, 3.63) is 35.4 Å². The van der Waals surface area contributed by atoms with Crippen LogP contribution in [0.1, 0.15) is 45.2 Å². The van der Waals surface area contributed by atoms with Crippen LogP contribution in [-0.2, 0) is 11.6 Å². The lowest BCUT2D eigenvalue weighted by atomic mass is 9.81. The number of alkyl halides is 3. The molecule has 0 unspecified atom stereocenters. The molecule has 0 aliphatic carbocycles. The molecule has 108 valence electrons. The van der Waals surface area contributed by atoms with Gasteiger partial charge in [-0.15, -0.1) is 0 Å². The first-order valence-corrected chi connectivity index (χ1v) is 6.54. The Hall–Kier alpha value is -1.03. The van der Waals surface area contributed by atoms with Crippen molar-refractivity contribution >= 4 is 0 Å². The zero-order chi connectivity index (χ0) is 14.7. The normalized spacial score (nSPS) is 13.1. The van der Waals surface area contributed by atoms with Crippen LogP contribution in [0.25, 0.3) is 0 Å². The first-order chi connectivity index (χ1) is 8.63. The largest absolute Gasteiger partial charge is 0.416 e. The molecule has 4 heteroatoms. The Morgan fingerprint density at radius 1 is 1.00 bits per heavy atom. The number of nitrogens with one attached hydrogen (secondary N) is 1. The summed E-state index contributed by atoms with van der Waals surface area (Å²) in [5, 5.41) is 3.33. The van der Waals surface area contributed by atoms with E-state index in [0.717, 1.165) is 30.7 Å². The summed E-state index contributed by atoms with van der Waals surface area (Å²) >= 11 is 0. The van der Waals surface area contributed by atoms with E-state index < -0.39 is 11.7 Å². The molecule has 0 aromatic heterocycles. The average molecular weight is 273 g/mol. The Labute approximate surface area is 113 Å². The molecule has 19 heavy (non-hydrogen) atoms. The number of hydrogen-bond acceptors (Lipinski definition) is 1. The van der Waals surface area contributed by atoms with Crippen molar-refractivity contribution in [3.8, 4) is 0 Å². The Bertz CT molecular complexity index is 391. The number of halogens is 3. The van der Waals surface area contributed by atoms with Gasteiger partial charge in [0.25, 0.3) is 0 Å². The second kappa shape index (κ2) is 5.95. The van der Waals surface area contributed by atoms with Crippen LogP contribution in [0.5, 0.6) is 0 Å². The van der Waals surface area contributed by atoms with Gasteiger partial charge in [0.15, 0.2) is 0 Å². The van der Waals surface area contributed by atoms with Gasteiger partial charge in [-0.25, -0.2) is 0 Å². The van der Waals surface area contributed by atoms with E-state index in [2.05, 4.69) is 33.0 Å². The lowest BCUT2D eigenvalue weighted by molar-refractivity contribution is -0.137. The Kier molecular flexibility index (Phi) is 5.02. The second-order valence-corrected chi connectivity index (χ2v) is 5.82. The van der Waals surface area contributed by atoms with Crippen LogP contribution in [-0.4, -0.2) is 12.6 Å². The summed E-state index contributed by atoms with van der Waals surface area (Å²) in [6, 6.07) is 5.90. The highest BCUT2D eigenvalue weighted by molar-refractivity contribution is 5.29. The lowest BCUT2D eigenvalue weighted by Crippen LogP contribution is -2.29. The van der Waals surface area contributed by atoms with Gasteiger partial charge in [-0.3, -0.25) is 0 Å². The molecule has 1 nitrogen and oxygen atoms in total. The van der Waals surface area contributed by atoms with Gasteiger partial charge >= 0.3 is 6.18 Å². The minimum atomic E-state index is -4.26. The van der Waals surface area contributed by atoms with Crippen LogP contribution in [0.3, 0.4) is 0 Å². The minimum Gasteiger partial charge on any atom is -0.315 e. The zero-order valence-corrected chi connectivity index (χ0v) is 11.9. The molecule has 0 aliphatic heterocycles. The highest BCUT2D eigenvalue weighted by atomic mass is 19.4. The molecule has 0 saturated carbocycles. The summed E-state index contributed by atoms with van der Waals surface area (Å²) in [5.74, 6) is 0. The van der Waals surface area contributed by atoms with E-state index in [1.807, 2.05) is 0 Å². The quantitative estimate of drug-likeness (QED) is 0.840. The smallest absolute Gasteiger partial charge is 0.315 e. The summed E-state index contributed by atoms with van der Waals surface area (Å²) < 4.78 is 37.5. The van der Waals surface area contributed by atoms with Crippen molar-refractivity contribution in [3.63, 3.8) is 0 Å². The molecule has 0 amide bonds. The summed E-state index contributed by atoms with van der Waals surface area (Å²) in [6.07, 6.45) is -3.38. The molecule has 0 heterocycles. The zero-order valence-electron chi connectivity index (χ0n) is 11.9. The fraction of sp³-hybridized carbons (Fsp3) is 0.600. The number of hydrogen-bond donors (Lipinski definition) is 1. The lowest BCUT2D eigenvalue weighted by Gasteiger charge is -2.26. The third-order valence-corrected chi connectivity index (χ3v) is 3.30. The van der Waals surface area contributed by atoms with Gasteiger partial charge in [-0.05, 0) is 36.1 Å². The molecule has 0 radical (unpaired) electrons. The van der Waals surface area contributed by atoms with Gasteiger partial charge in [-0.2, -0.15) is 13.2 Å². The Morgan fingerprint density at radius 3 is 1.89 bits per heavy atom. The van der Waals surface area contributed by atoms with Crippen LogP contribution >= 0.6 is 0 Å². The molecule has 1 aromatic rings. The van der Waals surface area contributed by atoms with Crippen molar-refractivity contribution in [2.45, 2.75) is 51.7 Å². The average Bonchev–Trinajstić information content (AvgIpc) is 2.27. The molecule has 0 saturated heterocycles. The molecule has 1 N–H and O–H groups in total. The molecule has 1 aromatic carbocycles. The monoisotopic (exact) mass is 273 g/mol. The van der Waals surface area contributed by atoms with Crippen LogP contribution in [0.2, 0.25) is 0 Å². The van der Waals surface area contributed by atoms with Crippen molar-refractivity contribution in [2.75, 3.05) is 6.54 Å². The van der Waals surface area contributed by atoms with Gasteiger partial charge in [-0.1, -0.05) is 39.8 Å². The van der Waals surface area contributed by atoms with Gasteiger partial charge in [0, 0.05) is 6.04 Å². The van der Waals surface area contributed by atoms with E-state index in [4.69, 9.17) is 0 Å². The summed E-state index contributed by atoms with van der Waals surface area (Å²) in [4.78, 5) is 0. The first kappa shape index (κ1) is 16.0. The van der Waals surface area contributed by atoms with Crippen LogP contribution in [0, 0.1) is 0 Å². The van der Waals surface area contributed by atoms with Crippen molar-refractivity contribution in [1.29, 1.82) is 0 Å². The van der Waals surface area contributed by atoms with E-state index in [9.17, 15) is 13.2 Å². The maximum Gasteiger partial charge on any atom is 0.416 e. The molecule has 1 rings (SSSR count). The van der Waals surface area contributed by atoms with Crippen molar-refractivity contribution in [2.24, 2.45) is 0 Å². The molecular weight excluding hydrogens is 251 g/mol. The Morgan fingerprint density at radius 2 is 1.47 bits per heavy atom. The van der Waals surface area contributed by atoms with Crippen molar-refractivity contribution in [1.82, 2.24) is 5.32 Å². The fourth-order valence-corrected chi connectivity index (χ4v) is 1.93. The van der Waals surface area contributed by atoms with Crippen molar-refractivity contribution < 1.29 is 13.2 Å². The van der Waals surface area contributed by atoms with Gasteiger partial charge in [0.2, 0.25) is 0 Å². The minimum absolute atomic E-state index is 0.133. The van der Waals surface area contributed by atoms with E-state index in [1.54, 1.807) is 12.1 Å². The molecule has 0 bridgehead atoms. The molecule has 0 aliphatic rings. The van der Waals surface area contributed by atoms with E-state index in [-0.39, 0.29) is 5.41 Å². The second-order valence-electron chi connectivity index (χ2n) is 5.82. The number of rotatable bonds is 5. The highest BCUT2D eigenvalue weighted by Crippen LogP contribution is 2.32. The topological polar surface area (TPSA) is 12.0 Å². The predicted molar refractivity (Wildman–Crippen MR) is 72.2 cm³/mol. The highest BCUT2D eigenvalue weighted by Gasteiger charge is 2.30. The maximum absolute atomic E-state index is 12.5. The Balaban J connectivity index is 2.73. The summed E-state index contributed by atoms with van der Waals surface area (Å²) in [7, 11) is 0. The standard InChI is InChI=1S/C15H22F3N/c1-11(2)19-10-9-14(3,4)12-5-7-13(8-6-12)15(16,17)18/h5-8,11,19H,9-10H2,1-4H3. The fourth-order valence-electron chi connectivity index (χ4n) is 1.93. The third kappa shape index (κ3) is 4.86. The van der Waals surface area contributed by atoms with Gasteiger partial charge in [0.1, 0.15) is 0 Å². The molecule has 0 spiro atoms. The molecule has 0 atom stereocenters. The van der Waals surface area contributed by atoms with Crippen LogP contribution in [0.15, 0.2) is 24.3 Å². The summed E-state index contributed by atoms with van der Waals surface area (Å²) in [6.45, 7) is 9.11. The van der Waals surface area contributed by atoms with E-state index >= 15 is 0 Å².